The number of nitrogens with zero attached hydrogens (tertiary/aromatic N) is 2. The van der Waals surface area contributed by atoms with E-state index in [1.54, 1.807) is 41.3 Å². The molecule has 0 spiro atoms. The lowest BCUT2D eigenvalue weighted by Crippen LogP contribution is -2.50. The topological polar surface area (TPSA) is 86.8 Å². The minimum atomic E-state index is -3.59. The number of halogens is 2. The van der Waals surface area contributed by atoms with E-state index in [-0.39, 0.29) is 37.7 Å². The van der Waals surface area contributed by atoms with Gasteiger partial charge in [-0.05, 0) is 60.4 Å². The number of hydrogen-bond acceptors (Lipinski definition) is 4. The minimum Gasteiger partial charge on any atom is -0.354 e. The monoisotopic (exact) mass is 603 g/mol. The highest BCUT2D eigenvalue weighted by Crippen LogP contribution is 2.22. The Hall–Kier alpha value is -3.07. The van der Waals surface area contributed by atoms with Crippen LogP contribution in [-0.2, 0) is 32.6 Å². The first-order chi connectivity index (χ1) is 19.1. The quantitative estimate of drug-likeness (QED) is 0.256. The van der Waals surface area contributed by atoms with Crippen LogP contribution in [0.25, 0.3) is 0 Å². The van der Waals surface area contributed by atoms with Crippen molar-refractivity contribution < 1.29 is 18.0 Å². The number of carbonyl (C=O) groups is 2. The molecule has 1 unspecified atom stereocenters. The molecule has 3 rings (SSSR count). The fraction of sp³-hybridized carbons (Fsp3) is 0.333. The summed E-state index contributed by atoms with van der Waals surface area (Å²) in [6, 6.07) is 22.5. The van der Waals surface area contributed by atoms with Gasteiger partial charge in [0.2, 0.25) is 21.8 Å². The summed E-state index contributed by atoms with van der Waals surface area (Å²) in [6.45, 7) is 2.78. The van der Waals surface area contributed by atoms with Crippen molar-refractivity contribution in [3.05, 3.63) is 100 Å². The molecule has 0 radical (unpaired) electrons. The molecule has 0 saturated heterocycles. The molecule has 0 aromatic heterocycles. The van der Waals surface area contributed by atoms with Crippen LogP contribution in [0.2, 0.25) is 10.0 Å². The van der Waals surface area contributed by atoms with Crippen LogP contribution in [-0.4, -0.2) is 50.5 Å². The van der Waals surface area contributed by atoms with E-state index in [2.05, 4.69) is 5.32 Å². The summed E-state index contributed by atoms with van der Waals surface area (Å²) in [7, 11) is -3.59. The zero-order valence-electron chi connectivity index (χ0n) is 22.7. The first-order valence-corrected chi connectivity index (χ1v) is 15.8. The van der Waals surface area contributed by atoms with Gasteiger partial charge in [0.15, 0.2) is 0 Å². The van der Waals surface area contributed by atoms with E-state index < -0.39 is 16.1 Å². The SMILES string of the molecule is CCCNC(=O)C(Cc1ccccc1)N(Cc1ccc(Cl)cc1)C(=O)CCCN(c1ccc(Cl)cc1)S(C)(=O)=O. The molecule has 10 heteroatoms. The largest absolute Gasteiger partial charge is 0.354 e. The van der Waals surface area contributed by atoms with Crippen LogP contribution in [0, 0.1) is 0 Å². The average molecular weight is 605 g/mol. The van der Waals surface area contributed by atoms with Crippen molar-refractivity contribution in [2.75, 3.05) is 23.7 Å². The van der Waals surface area contributed by atoms with E-state index in [1.165, 1.54) is 4.31 Å². The summed E-state index contributed by atoms with van der Waals surface area (Å²) in [5.41, 5.74) is 2.23. The molecule has 0 heterocycles. The molecule has 3 aromatic rings. The maximum atomic E-state index is 13.8. The van der Waals surface area contributed by atoms with E-state index >= 15 is 0 Å². The Morgan fingerprint density at radius 1 is 0.875 bits per heavy atom. The third kappa shape index (κ3) is 9.54. The summed E-state index contributed by atoms with van der Waals surface area (Å²) in [4.78, 5) is 28.8. The van der Waals surface area contributed by atoms with E-state index in [0.29, 0.717) is 28.7 Å². The number of amides is 2. The van der Waals surface area contributed by atoms with Crippen LogP contribution < -0.4 is 9.62 Å². The Bertz CT molecular complexity index is 1350. The van der Waals surface area contributed by atoms with Crippen LogP contribution in [0.15, 0.2) is 78.9 Å². The lowest BCUT2D eigenvalue weighted by Gasteiger charge is -2.32. The highest BCUT2D eigenvalue weighted by molar-refractivity contribution is 7.92. The molecule has 2 amide bonds. The second-order valence-electron chi connectivity index (χ2n) is 9.56. The van der Waals surface area contributed by atoms with Gasteiger partial charge in [-0.3, -0.25) is 13.9 Å². The number of sulfonamides is 1. The highest BCUT2D eigenvalue weighted by atomic mass is 35.5. The molecule has 1 atom stereocenters. The molecule has 214 valence electrons. The van der Waals surface area contributed by atoms with Crippen molar-refractivity contribution in [1.29, 1.82) is 0 Å². The van der Waals surface area contributed by atoms with Crippen LogP contribution in [0.5, 0.6) is 0 Å². The fourth-order valence-electron chi connectivity index (χ4n) is 4.32. The molecule has 7 nitrogen and oxygen atoms in total. The van der Waals surface area contributed by atoms with E-state index in [0.717, 1.165) is 23.8 Å². The second-order valence-corrected chi connectivity index (χ2v) is 12.3. The van der Waals surface area contributed by atoms with E-state index in [1.807, 2.05) is 49.4 Å². The zero-order chi connectivity index (χ0) is 29.1. The molecule has 0 aliphatic rings. The molecular weight excluding hydrogens is 569 g/mol. The smallest absolute Gasteiger partial charge is 0.243 e. The third-order valence-electron chi connectivity index (χ3n) is 6.35. The Morgan fingerprint density at radius 2 is 1.48 bits per heavy atom. The van der Waals surface area contributed by atoms with Crippen molar-refractivity contribution in [3.8, 4) is 0 Å². The van der Waals surface area contributed by atoms with Crippen LogP contribution >= 0.6 is 23.2 Å². The molecule has 0 saturated carbocycles. The van der Waals surface area contributed by atoms with Crippen molar-refractivity contribution in [3.63, 3.8) is 0 Å². The zero-order valence-corrected chi connectivity index (χ0v) is 25.1. The maximum absolute atomic E-state index is 13.8. The van der Waals surface area contributed by atoms with Gasteiger partial charge in [-0.1, -0.05) is 72.6 Å². The predicted molar refractivity (Wildman–Crippen MR) is 162 cm³/mol. The van der Waals surface area contributed by atoms with E-state index in [9.17, 15) is 18.0 Å². The maximum Gasteiger partial charge on any atom is 0.243 e. The first-order valence-electron chi connectivity index (χ1n) is 13.2. The van der Waals surface area contributed by atoms with Crippen molar-refractivity contribution in [2.45, 2.75) is 45.2 Å². The Kier molecular flexibility index (Phi) is 11.9. The van der Waals surface area contributed by atoms with Crippen molar-refractivity contribution in [2.24, 2.45) is 0 Å². The van der Waals surface area contributed by atoms with Crippen molar-refractivity contribution in [1.82, 2.24) is 10.2 Å². The molecule has 40 heavy (non-hydrogen) atoms. The van der Waals surface area contributed by atoms with Gasteiger partial charge in [0.1, 0.15) is 6.04 Å². The molecule has 0 aliphatic heterocycles. The van der Waals surface area contributed by atoms with Gasteiger partial charge in [-0.2, -0.15) is 0 Å². The van der Waals surface area contributed by atoms with Gasteiger partial charge in [0, 0.05) is 42.5 Å². The summed E-state index contributed by atoms with van der Waals surface area (Å²) < 4.78 is 26.3. The summed E-state index contributed by atoms with van der Waals surface area (Å²) >= 11 is 12.0. The van der Waals surface area contributed by atoms with Gasteiger partial charge in [-0.25, -0.2) is 8.42 Å². The Labute approximate surface area is 247 Å². The van der Waals surface area contributed by atoms with Crippen LogP contribution in [0.4, 0.5) is 5.69 Å². The van der Waals surface area contributed by atoms with Crippen LogP contribution in [0.1, 0.15) is 37.3 Å². The number of benzene rings is 3. The van der Waals surface area contributed by atoms with Gasteiger partial charge < -0.3 is 10.2 Å². The standard InChI is InChI=1S/C30H35Cl2N3O4S/c1-3-19-33-30(37)28(21-23-8-5-4-6-9-23)34(22-24-11-13-25(31)14-12-24)29(36)10-7-20-35(40(2,38)39)27-17-15-26(32)16-18-27/h4-6,8-9,11-18,28H,3,7,10,19-22H2,1-2H3,(H,33,37). The average Bonchev–Trinajstić information content (AvgIpc) is 2.93. The molecule has 0 fully saturated rings. The molecule has 0 bridgehead atoms. The minimum absolute atomic E-state index is 0.0551. The van der Waals surface area contributed by atoms with Crippen LogP contribution in [0.3, 0.4) is 0 Å². The second kappa shape index (κ2) is 15.1. The summed E-state index contributed by atoms with van der Waals surface area (Å²) in [5.74, 6) is -0.473. The molecule has 0 aliphatic carbocycles. The number of nitrogens with one attached hydrogen (secondary N) is 1. The molecule has 1 N–H and O–H groups in total. The lowest BCUT2D eigenvalue weighted by molar-refractivity contribution is -0.141. The Morgan fingerprint density at radius 3 is 2.05 bits per heavy atom. The molecular formula is C30H35Cl2N3O4S. The predicted octanol–water partition coefficient (Wildman–Crippen LogP) is 5.71. The lowest BCUT2D eigenvalue weighted by atomic mass is 10.0. The van der Waals surface area contributed by atoms with Gasteiger partial charge >= 0.3 is 0 Å². The number of carbonyl (C=O) groups excluding carboxylic acids is 2. The summed E-state index contributed by atoms with van der Waals surface area (Å²) in [5, 5.41) is 4.02. The summed E-state index contributed by atoms with van der Waals surface area (Å²) in [6.07, 6.45) is 2.56. The Balaban J connectivity index is 1.85. The molecule has 3 aromatic carbocycles. The number of rotatable bonds is 14. The highest BCUT2D eigenvalue weighted by Gasteiger charge is 2.30. The van der Waals surface area contributed by atoms with Crippen molar-refractivity contribution >= 4 is 50.7 Å². The normalized spacial score (nSPS) is 12.0. The third-order valence-corrected chi connectivity index (χ3v) is 8.05. The van der Waals surface area contributed by atoms with Gasteiger partial charge in [0.25, 0.3) is 0 Å². The first kappa shape index (κ1) is 31.5. The fourth-order valence-corrected chi connectivity index (χ4v) is 5.54. The number of anilines is 1. The van der Waals surface area contributed by atoms with Gasteiger partial charge in [-0.15, -0.1) is 0 Å². The van der Waals surface area contributed by atoms with E-state index in [4.69, 9.17) is 23.2 Å². The number of hydrogen-bond donors (Lipinski definition) is 1. The van der Waals surface area contributed by atoms with Gasteiger partial charge in [0.05, 0.1) is 11.9 Å².